The molecule has 0 bridgehead atoms. The van der Waals surface area contributed by atoms with E-state index in [1.54, 1.807) is 12.1 Å². The molecule has 1 aromatic rings. The van der Waals surface area contributed by atoms with E-state index >= 15 is 0 Å². The fourth-order valence-electron chi connectivity index (χ4n) is 1.41. The van der Waals surface area contributed by atoms with Gasteiger partial charge in [-0.25, -0.2) is 0 Å². The van der Waals surface area contributed by atoms with Crippen molar-refractivity contribution in [3.05, 3.63) is 27.7 Å². The zero-order valence-corrected chi connectivity index (χ0v) is 12.4. The van der Waals surface area contributed by atoms with Crippen LogP contribution >= 0.6 is 23.2 Å². The number of rotatable bonds is 5. The minimum atomic E-state index is -0.661. The number of aliphatic hydroxyl groups excluding tert-OH is 1. The summed E-state index contributed by atoms with van der Waals surface area (Å²) in [6.07, 6.45) is 0.314. The Hall–Kier alpha value is -0.480. The number of nitrogens with one attached hydrogen (secondary N) is 1. The highest BCUT2D eigenvalue weighted by Gasteiger charge is 2.18. The Morgan fingerprint density at radius 2 is 1.83 bits per heavy atom. The van der Waals surface area contributed by atoms with E-state index in [0.29, 0.717) is 27.8 Å². The van der Waals surface area contributed by atoms with Gasteiger partial charge in [0.05, 0.1) is 21.8 Å². The molecule has 3 nitrogen and oxygen atoms in total. The summed E-state index contributed by atoms with van der Waals surface area (Å²) in [7, 11) is 0. The maximum atomic E-state index is 10.1. The third-order valence-electron chi connectivity index (χ3n) is 3.14. The third-order valence-corrected chi connectivity index (χ3v) is 3.77. The van der Waals surface area contributed by atoms with Crippen molar-refractivity contribution in [2.45, 2.75) is 38.8 Å². The van der Waals surface area contributed by atoms with E-state index < -0.39 is 6.10 Å². The van der Waals surface area contributed by atoms with Crippen LogP contribution in [0.25, 0.3) is 0 Å². The number of halogens is 2. The number of hydrogen-bond acceptors (Lipinski definition) is 3. The van der Waals surface area contributed by atoms with Gasteiger partial charge in [0, 0.05) is 12.1 Å². The molecule has 0 saturated carbocycles. The van der Waals surface area contributed by atoms with Gasteiger partial charge in [0.1, 0.15) is 0 Å². The summed E-state index contributed by atoms with van der Waals surface area (Å²) in [5.41, 5.74) is 6.65. The minimum Gasteiger partial charge on any atom is -0.396 e. The Morgan fingerprint density at radius 1 is 1.33 bits per heavy atom. The molecule has 102 valence electrons. The summed E-state index contributed by atoms with van der Waals surface area (Å²) in [6.45, 7) is 6.71. The van der Waals surface area contributed by atoms with Gasteiger partial charge in [0.15, 0.2) is 0 Å². The molecule has 1 aromatic carbocycles. The quantitative estimate of drug-likeness (QED) is 0.729. The molecule has 0 heterocycles. The molecular formula is C13H20Cl2N2O. The molecule has 0 unspecified atom stereocenters. The lowest BCUT2D eigenvalue weighted by Crippen LogP contribution is -2.40. The Kier molecular flexibility index (Phi) is 5.29. The SMILES string of the molecule is CCC(C)(C)NC[C@H](O)c1cc(Cl)c(N)c(Cl)c1. The number of hydrogen-bond donors (Lipinski definition) is 3. The number of anilines is 1. The fraction of sp³-hybridized carbons (Fsp3) is 0.538. The highest BCUT2D eigenvalue weighted by atomic mass is 35.5. The van der Waals surface area contributed by atoms with E-state index in [0.717, 1.165) is 6.42 Å². The molecule has 0 saturated heterocycles. The molecule has 18 heavy (non-hydrogen) atoms. The van der Waals surface area contributed by atoms with Crippen molar-refractivity contribution < 1.29 is 5.11 Å². The summed E-state index contributed by atoms with van der Waals surface area (Å²) < 4.78 is 0. The maximum absolute atomic E-state index is 10.1. The molecule has 0 aromatic heterocycles. The van der Waals surface area contributed by atoms with Crippen molar-refractivity contribution in [2.75, 3.05) is 12.3 Å². The van der Waals surface area contributed by atoms with Crippen molar-refractivity contribution in [1.29, 1.82) is 0 Å². The van der Waals surface area contributed by atoms with Crippen LogP contribution in [0, 0.1) is 0 Å². The normalized spacial score (nSPS) is 13.7. The summed E-state index contributed by atoms with van der Waals surface area (Å²) in [5, 5.41) is 14.1. The van der Waals surface area contributed by atoms with E-state index in [1.807, 2.05) is 0 Å². The third kappa shape index (κ3) is 4.02. The molecule has 5 heteroatoms. The van der Waals surface area contributed by atoms with E-state index in [-0.39, 0.29) is 5.54 Å². The Morgan fingerprint density at radius 3 is 2.28 bits per heavy atom. The lowest BCUT2D eigenvalue weighted by atomic mass is 10.0. The van der Waals surface area contributed by atoms with Crippen molar-refractivity contribution in [3.8, 4) is 0 Å². The summed E-state index contributed by atoms with van der Waals surface area (Å²) in [6, 6.07) is 3.29. The highest BCUT2D eigenvalue weighted by molar-refractivity contribution is 6.38. The lowest BCUT2D eigenvalue weighted by molar-refractivity contribution is 0.160. The molecule has 1 rings (SSSR count). The van der Waals surface area contributed by atoms with Crippen molar-refractivity contribution in [3.63, 3.8) is 0 Å². The number of nitrogen functional groups attached to an aromatic ring is 1. The largest absolute Gasteiger partial charge is 0.396 e. The van der Waals surface area contributed by atoms with Crippen LogP contribution in [0.4, 0.5) is 5.69 Å². The smallest absolute Gasteiger partial charge is 0.0915 e. The predicted octanol–water partition coefficient (Wildman–Crippen LogP) is 3.39. The van der Waals surface area contributed by atoms with Crippen LogP contribution in [-0.4, -0.2) is 17.2 Å². The predicted molar refractivity (Wildman–Crippen MR) is 78.2 cm³/mol. The molecule has 1 atom stereocenters. The molecule has 0 aliphatic rings. The van der Waals surface area contributed by atoms with Crippen molar-refractivity contribution in [2.24, 2.45) is 0 Å². The molecule has 0 aliphatic heterocycles. The first-order valence-electron chi connectivity index (χ1n) is 5.94. The second kappa shape index (κ2) is 6.11. The molecule has 0 aliphatic carbocycles. The number of nitrogens with two attached hydrogens (primary N) is 1. The Bertz CT molecular complexity index is 398. The van der Waals surface area contributed by atoms with Gasteiger partial charge < -0.3 is 16.2 Å². The number of β-amino-alcohol motifs (C(OH)–C–C–N with tert-alkyl or cyclic N) is 1. The average molecular weight is 291 g/mol. The van der Waals surface area contributed by atoms with Crippen LogP contribution in [0.3, 0.4) is 0 Å². The van der Waals surface area contributed by atoms with Gasteiger partial charge >= 0.3 is 0 Å². The number of aliphatic hydroxyl groups is 1. The van der Waals surface area contributed by atoms with Crippen LogP contribution in [0.2, 0.25) is 10.0 Å². The first-order chi connectivity index (χ1) is 8.26. The monoisotopic (exact) mass is 290 g/mol. The van der Waals surface area contributed by atoms with Gasteiger partial charge in [-0.05, 0) is 38.0 Å². The Balaban J connectivity index is 2.76. The first-order valence-corrected chi connectivity index (χ1v) is 6.70. The first kappa shape index (κ1) is 15.6. The van der Waals surface area contributed by atoms with Gasteiger partial charge in [-0.1, -0.05) is 30.1 Å². The van der Waals surface area contributed by atoms with Gasteiger partial charge in [-0.15, -0.1) is 0 Å². The van der Waals surface area contributed by atoms with E-state index in [9.17, 15) is 5.11 Å². The van der Waals surface area contributed by atoms with Gasteiger partial charge in [-0.3, -0.25) is 0 Å². The maximum Gasteiger partial charge on any atom is 0.0915 e. The van der Waals surface area contributed by atoms with E-state index in [4.69, 9.17) is 28.9 Å². The van der Waals surface area contributed by atoms with Crippen LogP contribution < -0.4 is 11.1 Å². The standard InChI is InChI=1S/C13H20Cl2N2O/c1-4-13(2,3)17-7-11(18)8-5-9(14)12(16)10(15)6-8/h5-6,11,17-18H,4,7,16H2,1-3H3/t11-/m0/s1. The number of benzene rings is 1. The fourth-order valence-corrected chi connectivity index (χ4v) is 1.92. The molecule has 0 fully saturated rings. The van der Waals surface area contributed by atoms with Crippen LogP contribution in [0.15, 0.2) is 12.1 Å². The second-order valence-corrected chi connectivity index (χ2v) is 5.85. The topological polar surface area (TPSA) is 58.3 Å². The zero-order chi connectivity index (χ0) is 13.9. The summed E-state index contributed by atoms with van der Waals surface area (Å²) in [5.74, 6) is 0. The molecule has 0 radical (unpaired) electrons. The van der Waals surface area contributed by atoms with Crippen LogP contribution in [0.5, 0.6) is 0 Å². The average Bonchev–Trinajstić information content (AvgIpc) is 2.32. The zero-order valence-electron chi connectivity index (χ0n) is 10.9. The van der Waals surface area contributed by atoms with Crippen molar-refractivity contribution in [1.82, 2.24) is 5.32 Å². The summed E-state index contributed by atoms with van der Waals surface area (Å²) in [4.78, 5) is 0. The molecule has 4 N–H and O–H groups in total. The minimum absolute atomic E-state index is 0.0115. The van der Waals surface area contributed by atoms with E-state index in [2.05, 4.69) is 26.1 Å². The van der Waals surface area contributed by atoms with Crippen LogP contribution in [-0.2, 0) is 0 Å². The lowest BCUT2D eigenvalue weighted by Gasteiger charge is -2.26. The second-order valence-electron chi connectivity index (χ2n) is 5.03. The Labute approximate surface area is 118 Å². The van der Waals surface area contributed by atoms with Gasteiger partial charge in [0.25, 0.3) is 0 Å². The van der Waals surface area contributed by atoms with Gasteiger partial charge in [0.2, 0.25) is 0 Å². The molecule has 0 spiro atoms. The molecular weight excluding hydrogens is 271 g/mol. The van der Waals surface area contributed by atoms with Crippen molar-refractivity contribution >= 4 is 28.9 Å². The van der Waals surface area contributed by atoms with E-state index in [1.165, 1.54) is 0 Å². The summed E-state index contributed by atoms with van der Waals surface area (Å²) >= 11 is 11.9. The van der Waals surface area contributed by atoms with Gasteiger partial charge in [-0.2, -0.15) is 0 Å². The highest BCUT2D eigenvalue weighted by Crippen LogP contribution is 2.31. The molecule has 0 amide bonds. The van der Waals surface area contributed by atoms with Crippen LogP contribution in [0.1, 0.15) is 38.9 Å².